The predicted molar refractivity (Wildman–Crippen MR) is 133 cm³/mol. The normalized spacial score (nSPS) is 21.0. The van der Waals surface area contributed by atoms with Gasteiger partial charge in [0.2, 0.25) is 0 Å². The maximum Gasteiger partial charge on any atom is 0.192 e. The van der Waals surface area contributed by atoms with Crippen LogP contribution in [0.4, 0.5) is 0 Å². The monoisotopic (exact) mass is 472 g/mol. The molecule has 1 aromatic rings. The van der Waals surface area contributed by atoms with Crippen LogP contribution in [-0.4, -0.2) is 36.3 Å². The summed E-state index contributed by atoms with van der Waals surface area (Å²) < 4.78 is 6.98. The SMILES string of the molecule is CC[Si](CC)(CC)OC(CCC1CC(C)(C)N(C)C(C)(C)C1)c1c(Cl)cncc1Cl. The van der Waals surface area contributed by atoms with E-state index in [1.807, 2.05) is 0 Å². The van der Waals surface area contributed by atoms with Crippen molar-refractivity contribution in [3.8, 4) is 0 Å². The highest BCUT2D eigenvalue weighted by Gasteiger charge is 2.43. The Balaban J connectivity index is 2.28. The maximum atomic E-state index is 6.98. The number of likely N-dealkylation sites (tertiary alicyclic amines) is 1. The summed E-state index contributed by atoms with van der Waals surface area (Å²) in [6, 6.07) is 3.35. The zero-order chi connectivity index (χ0) is 22.7. The van der Waals surface area contributed by atoms with Crippen LogP contribution in [-0.2, 0) is 4.43 Å². The van der Waals surface area contributed by atoms with Gasteiger partial charge in [0.1, 0.15) is 0 Å². The van der Waals surface area contributed by atoms with Crippen LogP contribution in [0.1, 0.15) is 85.8 Å². The molecule has 1 atom stereocenters. The molecule has 0 saturated carbocycles. The molecular weight excluding hydrogens is 431 g/mol. The van der Waals surface area contributed by atoms with Gasteiger partial charge >= 0.3 is 0 Å². The quantitative estimate of drug-likeness (QED) is 0.339. The van der Waals surface area contributed by atoms with Crippen LogP contribution < -0.4 is 0 Å². The van der Waals surface area contributed by atoms with Crippen molar-refractivity contribution in [2.24, 2.45) is 5.92 Å². The van der Waals surface area contributed by atoms with E-state index >= 15 is 0 Å². The third kappa shape index (κ3) is 5.80. The van der Waals surface area contributed by atoms with Crippen LogP contribution in [0.3, 0.4) is 0 Å². The molecule has 0 amide bonds. The molecule has 1 unspecified atom stereocenters. The molecule has 0 spiro atoms. The minimum atomic E-state index is -1.81. The van der Waals surface area contributed by atoms with Gasteiger partial charge < -0.3 is 4.43 Å². The average Bonchev–Trinajstić information content (AvgIpc) is 2.67. The number of hydrogen-bond donors (Lipinski definition) is 0. The summed E-state index contributed by atoms with van der Waals surface area (Å²) in [4.78, 5) is 6.71. The number of pyridine rings is 1. The molecule has 1 saturated heterocycles. The lowest BCUT2D eigenvalue weighted by Crippen LogP contribution is -2.58. The smallest absolute Gasteiger partial charge is 0.192 e. The van der Waals surface area contributed by atoms with Gasteiger partial charge in [0.25, 0.3) is 0 Å². The van der Waals surface area contributed by atoms with Gasteiger partial charge in [-0.25, -0.2) is 0 Å². The third-order valence-electron chi connectivity index (χ3n) is 7.77. The highest BCUT2D eigenvalue weighted by Crippen LogP contribution is 2.44. The minimum absolute atomic E-state index is 0.0506. The van der Waals surface area contributed by atoms with E-state index in [9.17, 15) is 0 Å². The molecule has 172 valence electrons. The largest absolute Gasteiger partial charge is 0.410 e. The highest BCUT2D eigenvalue weighted by atomic mass is 35.5. The topological polar surface area (TPSA) is 25.4 Å². The fourth-order valence-electron chi connectivity index (χ4n) is 5.46. The van der Waals surface area contributed by atoms with Crippen molar-refractivity contribution >= 4 is 31.5 Å². The van der Waals surface area contributed by atoms with Gasteiger partial charge in [0.05, 0.1) is 16.1 Å². The van der Waals surface area contributed by atoms with Gasteiger partial charge in [0.15, 0.2) is 8.32 Å². The lowest BCUT2D eigenvalue weighted by molar-refractivity contribution is -0.0340. The maximum absolute atomic E-state index is 6.98. The first-order valence-electron chi connectivity index (χ1n) is 11.6. The summed E-state index contributed by atoms with van der Waals surface area (Å²) in [6.07, 6.45) is 7.85. The van der Waals surface area contributed by atoms with Crippen LogP contribution in [0.2, 0.25) is 28.2 Å². The van der Waals surface area contributed by atoms with Crippen molar-refractivity contribution in [2.45, 2.75) is 109 Å². The van der Waals surface area contributed by atoms with E-state index in [0.29, 0.717) is 16.0 Å². The van der Waals surface area contributed by atoms with Gasteiger partial charge in [-0.2, -0.15) is 0 Å². The van der Waals surface area contributed by atoms with Gasteiger partial charge in [0, 0.05) is 29.0 Å². The fourth-order valence-corrected chi connectivity index (χ4v) is 8.91. The summed E-state index contributed by atoms with van der Waals surface area (Å²) in [5.41, 5.74) is 1.33. The van der Waals surface area contributed by atoms with Crippen molar-refractivity contribution in [2.75, 3.05) is 7.05 Å². The molecular formula is C24H42Cl2N2OSi. The zero-order valence-electron chi connectivity index (χ0n) is 20.3. The molecule has 0 aliphatic carbocycles. The van der Waals surface area contributed by atoms with Crippen LogP contribution in [0.5, 0.6) is 0 Å². The van der Waals surface area contributed by atoms with E-state index in [4.69, 9.17) is 27.6 Å². The molecule has 1 fully saturated rings. The second kappa shape index (κ2) is 10.2. The highest BCUT2D eigenvalue weighted by molar-refractivity contribution is 6.73. The molecule has 1 aliphatic heterocycles. The zero-order valence-corrected chi connectivity index (χ0v) is 22.8. The molecule has 0 radical (unpaired) electrons. The standard InChI is InChI=1S/C24H42Cl2N2OSi/c1-9-30(10-2,11-3)29-21(22-19(25)16-27-17-20(22)26)13-12-18-14-23(4,5)28(8)24(6,7)15-18/h16-18,21H,9-15H2,1-8H3. The lowest BCUT2D eigenvalue weighted by Gasteiger charge is -2.54. The van der Waals surface area contributed by atoms with E-state index in [2.05, 4.69) is 65.4 Å². The Morgan fingerprint density at radius 1 is 1.03 bits per heavy atom. The molecule has 1 aromatic heterocycles. The van der Waals surface area contributed by atoms with Crippen molar-refractivity contribution in [3.63, 3.8) is 0 Å². The minimum Gasteiger partial charge on any atom is -0.410 e. The molecule has 2 rings (SSSR count). The van der Waals surface area contributed by atoms with Crippen LogP contribution in [0, 0.1) is 5.92 Å². The second-order valence-electron chi connectivity index (χ2n) is 10.4. The Kier molecular flexibility index (Phi) is 8.89. The molecule has 3 nitrogen and oxygen atoms in total. The first-order valence-corrected chi connectivity index (χ1v) is 14.9. The number of piperidine rings is 1. The van der Waals surface area contributed by atoms with Gasteiger partial charge in [-0.3, -0.25) is 9.88 Å². The first-order chi connectivity index (χ1) is 13.9. The molecule has 6 heteroatoms. The summed E-state index contributed by atoms with van der Waals surface area (Å²) in [6.45, 7) is 16.3. The Bertz CT molecular complexity index is 660. The fraction of sp³-hybridized carbons (Fsp3) is 0.792. The second-order valence-corrected chi connectivity index (χ2v) is 15.9. The Hall–Kier alpha value is -0.133. The first kappa shape index (κ1) is 26.1. The van der Waals surface area contributed by atoms with E-state index < -0.39 is 8.32 Å². The summed E-state index contributed by atoms with van der Waals surface area (Å²) in [5.74, 6) is 0.664. The van der Waals surface area contributed by atoms with E-state index in [1.54, 1.807) is 12.4 Å². The van der Waals surface area contributed by atoms with Crippen LogP contribution >= 0.6 is 23.2 Å². The summed E-state index contributed by atoms with van der Waals surface area (Å²) in [5, 5.41) is 1.26. The number of nitrogens with zero attached hydrogens (tertiary/aromatic N) is 2. The number of aromatic nitrogens is 1. The number of rotatable bonds is 9. The lowest BCUT2D eigenvalue weighted by atomic mass is 9.72. The van der Waals surface area contributed by atoms with Crippen molar-refractivity contribution < 1.29 is 4.43 Å². The third-order valence-corrected chi connectivity index (χ3v) is 13.0. The van der Waals surface area contributed by atoms with Crippen molar-refractivity contribution in [1.29, 1.82) is 0 Å². The van der Waals surface area contributed by atoms with Gasteiger partial charge in [-0.05, 0) is 84.5 Å². The summed E-state index contributed by atoms with van der Waals surface area (Å²) in [7, 11) is 0.457. The molecule has 2 heterocycles. The average molecular weight is 474 g/mol. The molecule has 0 bridgehead atoms. The van der Waals surface area contributed by atoms with Gasteiger partial charge in [-0.1, -0.05) is 44.0 Å². The van der Waals surface area contributed by atoms with Crippen LogP contribution in [0.25, 0.3) is 0 Å². The Morgan fingerprint density at radius 2 is 1.50 bits per heavy atom. The van der Waals surface area contributed by atoms with E-state index in [1.165, 1.54) is 12.8 Å². The van der Waals surface area contributed by atoms with Gasteiger partial charge in [-0.15, -0.1) is 0 Å². The molecule has 1 aliphatic rings. The van der Waals surface area contributed by atoms with Crippen molar-refractivity contribution in [1.82, 2.24) is 9.88 Å². The molecule has 0 N–H and O–H groups in total. The van der Waals surface area contributed by atoms with Crippen LogP contribution in [0.15, 0.2) is 12.4 Å². The molecule has 0 aromatic carbocycles. The number of halogens is 2. The Labute approximate surface area is 196 Å². The Morgan fingerprint density at radius 3 is 1.93 bits per heavy atom. The van der Waals surface area contributed by atoms with Crippen molar-refractivity contribution in [3.05, 3.63) is 28.0 Å². The molecule has 30 heavy (non-hydrogen) atoms. The number of hydrogen-bond acceptors (Lipinski definition) is 3. The predicted octanol–water partition coefficient (Wildman–Crippen LogP) is 8.13. The summed E-state index contributed by atoms with van der Waals surface area (Å²) >= 11 is 13.2. The van der Waals surface area contributed by atoms with E-state index in [0.717, 1.165) is 36.5 Å². The van der Waals surface area contributed by atoms with E-state index in [-0.39, 0.29) is 17.2 Å².